The molecule has 1 saturated heterocycles. The number of hydrogen-bond acceptors (Lipinski definition) is 7. The van der Waals surface area contributed by atoms with E-state index in [1.54, 1.807) is 11.3 Å². The van der Waals surface area contributed by atoms with Crippen LogP contribution < -0.4 is 5.32 Å². The number of carbonyl (C=O) groups is 1. The summed E-state index contributed by atoms with van der Waals surface area (Å²) in [7, 11) is 0. The van der Waals surface area contributed by atoms with E-state index in [2.05, 4.69) is 55.2 Å². The lowest BCUT2D eigenvalue weighted by Gasteiger charge is -2.19. The topological polar surface area (TPSA) is 99.7 Å². The highest BCUT2D eigenvalue weighted by atomic mass is 32.1. The Kier molecular flexibility index (Phi) is 4.70. The molecule has 2 aliphatic carbocycles. The average molecular weight is 436 g/mol. The van der Waals surface area contributed by atoms with Gasteiger partial charge >= 0.3 is 0 Å². The first-order valence-corrected chi connectivity index (χ1v) is 11.9. The lowest BCUT2D eigenvalue weighted by Crippen LogP contribution is -2.31. The van der Waals surface area contributed by atoms with Gasteiger partial charge in [0.1, 0.15) is 5.01 Å². The van der Waals surface area contributed by atoms with Crippen LogP contribution in [0.1, 0.15) is 40.6 Å². The second-order valence-corrected chi connectivity index (χ2v) is 9.98. The number of hydrogen-bond donors (Lipinski definition) is 2. The fourth-order valence-electron chi connectivity index (χ4n) is 5.34. The molecular weight excluding hydrogens is 410 g/mol. The van der Waals surface area contributed by atoms with Crippen LogP contribution in [0.25, 0.3) is 0 Å². The predicted octanol–water partition coefficient (Wildman–Crippen LogP) is 2.43. The smallest absolute Gasteiger partial charge is 0.222 e. The molecule has 6 rings (SSSR count). The molecule has 9 heteroatoms. The number of aromatic nitrogens is 5. The highest BCUT2D eigenvalue weighted by Crippen LogP contribution is 2.57. The lowest BCUT2D eigenvalue weighted by atomic mass is 10.1. The van der Waals surface area contributed by atoms with Crippen molar-refractivity contribution in [3.05, 3.63) is 52.3 Å². The second-order valence-electron chi connectivity index (χ2n) is 8.92. The minimum atomic E-state index is 0.262. The molecule has 0 radical (unpaired) electrons. The summed E-state index contributed by atoms with van der Waals surface area (Å²) in [4.78, 5) is 14.6. The van der Waals surface area contributed by atoms with Crippen LogP contribution in [0.4, 0.5) is 5.13 Å². The summed E-state index contributed by atoms with van der Waals surface area (Å²) in [5.74, 6) is 1.88. The molecule has 3 heterocycles. The molecule has 1 saturated carbocycles. The fourth-order valence-corrected chi connectivity index (χ4v) is 6.20. The van der Waals surface area contributed by atoms with Crippen LogP contribution in [-0.4, -0.2) is 55.5 Å². The summed E-state index contributed by atoms with van der Waals surface area (Å²) in [6.45, 7) is 1.72. The van der Waals surface area contributed by atoms with Crippen LogP contribution >= 0.6 is 11.3 Å². The van der Waals surface area contributed by atoms with Crippen molar-refractivity contribution < 1.29 is 4.79 Å². The van der Waals surface area contributed by atoms with E-state index < -0.39 is 0 Å². The van der Waals surface area contributed by atoms with E-state index >= 15 is 0 Å². The molecule has 8 nitrogen and oxygen atoms in total. The number of aromatic amines is 1. The summed E-state index contributed by atoms with van der Waals surface area (Å²) < 4.78 is 0. The van der Waals surface area contributed by atoms with Crippen molar-refractivity contribution in [2.24, 2.45) is 11.8 Å². The molecule has 1 amide bonds. The third-order valence-electron chi connectivity index (χ3n) is 6.95. The highest BCUT2D eigenvalue weighted by Gasteiger charge is 2.58. The molecule has 3 aromatic rings. The number of nitrogens with zero attached hydrogens (tertiary/aromatic N) is 5. The van der Waals surface area contributed by atoms with E-state index in [9.17, 15) is 4.79 Å². The van der Waals surface area contributed by atoms with Gasteiger partial charge in [-0.15, -0.1) is 10.2 Å². The van der Waals surface area contributed by atoms with Crippen molar-refractivity contribution in [1.29, 1.82) is 0 Å². The van der Waals surface area contributed by atoms with E-state index in [-0.39, 0.29) is 5.91 Å². The van der Waals surface area contributed by atoms with Gasteiger partial charge in [0, 0.05) is 37.9 Å². The Labute approximate surface area is 184 Å². The van der Waals surface area contributed by atoms with Gasteiger partial charge in [0.2, 0.25) is 11.0 Å². The van der Waals surface area contributed by atoms with E-state index in [4.69, 9.17) is 0 Å². The van der Waals surface area contributed by atoms with Crippen LogP contribution in [0.15, 0.2) is 30.5 Å². The Bertz CT molecular complexity index is 1040. The molecular formula is C22H25N7OS. The molecule has 2 atom stereocenters. The number of piperidine rings is 1. The standard InChI is InChI=1S/C22H25N7OS/c30-20(29-11-16-17(12-29)21(16)18-10-23-28-25-18)7-3-6-19-26-27-22(31-19)24-15-8-13-4-1-2-5-14(13)9-15/h1-2,4-5,10,15-17,21H,3,6-9,11-12H2,(H,24,27)(H,23,25,28). The van der Waals surface area contributed by atoms with Crippen molar-refractivity contribution >= 4 is 22.4 Å². The Morgan fingerprint density at radius 2 is 1.94 bits per heavy atom. The Morgan fingerprint density at radius 3 is 2.65 bits per heavy atom. The zero-order valence-corrected chi connectivity index (χ0v) is 18.0. The van der Waals surface area contributed by atoms with Gasteiger partial charge in [0.15, 0.2) is 0 Å². The minimum Gasteiger partial charge on any atom is -0.357 e. The first kappa shape index (κ1) is 18.9. The third kappa shape index (κ3) is 3.71. The van der Waals surface area contributed by atoms with Crippen LogP contribution in [0.5, 0.6) is 0 Å². The van der Waals surface area contributed by atoms with Gasteiger partial charge in [-0.25, -0.2) is 0 Å². The number of aryl methyl sites for hydroxylation is 1. The number of H-pyrrole nitrogens is 1. The minimum absolute atomic E-state index is 0.262. The Morgan fingerprint density at radius 1 is 1.16 bits per heavy atom. The molecule has 1 aliphatic heterocycles. The molecule has 0 spiro atoms. The number of fused-ring (bicyclic) bond motifs is 2. The SMILES string of the molecule is O=C(CCCc1nnc(NC2Cc3ccccc3C2)s1)N1CC2C(C1)C2c1cn[nH]n1. The van der Waals surface area contributed by atoms with Crippen molar-refractivity contribution in [3.8, 4) is 0 Å². The number of carbonyl (C=O) groups excluding carboxylic acids is 1. The first-order chi connectivity index (χ1) is 15.2. The van der Waals surface area contributed by atoms with Crippen molar-refractivity contribution in [2.45, 2.75) is 44.1 Å². The number of anilines is 1. The van der Waals surface area contributed by atoms with Crippen LogP contribution in [0.2, 0.25) is 0 Å². The molecule has 2 aromatic heterocycles. The summed E-state index contributed by atoms with van der Waals surface area (Å²) in [6, 6.07) is 9.01. The monoisotopic (exact) mass is 435 g/mol. The van der Waals surface area contributed by atoms with Gasteiger partial charge in [-0.05, 0) is 42.2 Å². The van der Waals surface area contributed by atoms with E-state index in [0.717, 1.165) is 54.6 Å². The number of likely N-dealkylation sites (tertiary alicyclic amines) is 1. The lowest BCUT2D eigenvalue weighted by molar-refractivity contribution is -0.130. The normalized spacial score (nSPS) is 24.3. The maximum atomic E-state index is 12.6. The van der Waals surface area contributed by atoms with Crippen LogP contribution in [0.3, 0.4) is 0 Å². The molecule has 31 heavy (non-hydrogen) atoms. The van der Waals surface area contributed by atoms with Gasteiger partial charge in [0.25, 0.3) is 0 Å². The predicted molar refractivity (Wildman–Crippen MR) is 117 cm³/mol. The summed E-state index contributed by atoms with van der Waals surface area (Å²) >= 11 is 1.61. The maximum absolute atomic E-state index is 12.6. The Balaban J connectivity index is 0.938. The molecule has 1 aromatic carbocycles. The van der Waals surface area contributed by atoms with Crippen molar-refractivity contribution in [2.75, 3.05) is 18.4 Å². The van der Waals surface area contributed by atoms with Gasteiger partial charge < -0.3 is 10.2 Å². The molecule has 3 aliphatic rings. The molecule has 0 bridgehead atoms. The summed E-state index contributed by atoms with van der Waals surface area (Å²) in [6.07, 6.45) is 6.09. The van der Waals surface area contributed by atoms with Gasteiger partial charge in [-0.2, -0.15) is 15.4 Å². The van der Waals surface area contributed by atoms with E-state index in [1.807, 2.05) is 11.1 Å². The van der Waals surface area contributed by atoms with E-state index in [0.29, 0.717) is 30.2 Å². The number of nitrogens with one attached hydrogen (secondary N) is 2. The van der Waals surface area contributed by atoms with Crippen molar-refractivity contribution in [1.82, 2.24) is 30.5 Å². The van der Waals surface area contributed by atoms with Gasteiger partial charge in [-0.1, -0.05) is 35.6 Å². The van der Waals surface area contributed by atoms with Crippen LogP contribution in [-0.2, 0) is 24.1 Å². The number of rotatable bonds is 7. The van der Waals surface area contributed by atoms with Gasteiger partial charge in [0.05, 0.1) is 11.9 Å². The molecule has 2 fully saturated rings. The molecule has 2 N–H and O–H groups in total. The summed E-state index contributed by atoms with van der Waals surface area (Å²) in [5, 5.41) is 24.9. The Hall–Kier alpha value is -2.81. The van der Waals surface area contributed by atoms with E-state index in [1.165, 1.54) is 11.1 Å². The first-order valence-electron chi connectivity index (χ1n) is 11.0. The van der Waals surface area contributed by atoms with Crippen LogP contribution in [0, 0.1) is 11.8 Å². The molecule has 2 unspecified atom stereocenters. The number of benzene rings is 1. The maximum Gasteiger partial charge on any atom is 0.222 e. The van der Waals surface area contributed by atoms with Gasteiger partial charge in [-0.3, -0.25) is 4.79 Å². The highest BCUT2D eigenvalue weighted by molar-refractivity contribution is 7.15. The largest absolute Gasteiger partial charge is 0.357 e. The summed E-state index contributed by atoms with van der Waals surface area (Å²) in [5.41, 5.74) is 3.90. The number of amides is 1. The fraction of sp³-hybridized carbons (Fsp3) is 0.500. The zero-order chi connectivity index (χ0) is 20.8. The average Bonchev–Trinajstić information content (AvgIpc) is 3.39. The molecule has 160 valence electrons. The quantitative estimate of drug-likeness (QED) is 0.591. The third-order valence-corrected chi connectivity index (χ3v) is 7.86. The van der Waals surface area contributed by atoms with Crippen molar-refractivity contribution in [3.63, 3.8) is 0 Å². The zero-order valence-electron chi connectivity index (χ0n) is 17.2. The second kappa shape index (κ2) is 7.71.